The van der Waals surface area contributed by atoms with E-state index in [-0.39, 0.29) is 56.7 Å². The fraction of sp³-hybridized carbons (Fsp3) is 0.439. The number of aliphatic hydroxyl groups is 2. The van der Waals surface area contributed by atoms with Crippen LogP contribution < -0.4 is 28.4 Å². The van der Waals surface area contributed by atoms with Crippen molar-refractivity contribution >= 4 is 11.9 Å². The molecule has 0 bridgehead atoms. The number of rotatable bonds is 24. The Morgan fingerprint density at radius 3 is 1.09 bits per heavy atom. The molecule has 4 fully saturated rings. The lowest BCUT2D eigenvalue weighted by atomic mass is 9.83. The van der Waals surface area contributed by atoms with Gasteiger partial charge in [-0.2, -0.15) is 0 Å². The Labute approximate surface area is 409 Å². The van der Waals surface area contributed by atoms with Crippen molar-refractivity contribution < 1.29 is 62.4 Å². The summed E-state index contributed by atoms with van der Waals surface area (Å²) in [6.07, 6.45) is 7.84. The smallest absolute Gasteiger partial charge is 0.338 e. The third-order valence-corrected chi connectivity index (χ3v) is 13.4. The van der Waals surface area contributed by atoms with Crippen LogP contribution in [0.5, 0.6) is 34.5 Å². The molecule has 1 aliphatic heterocycles. The molecule has 5 aromatic rings. The van der Waals surface area contributed by atoms with Crippen molar-refractivity contribution in [2.75, 3.05) is 46.2 Å². The minimum atomic E-state index is -0.911. The van der Waals surface area contributed by atoms with E-state index in [1.54, 1.807) is 72.8 Å². The molecule has 5 aromatic carbocycles. The molecule has 0 spiro atoms. The lowest BCUT2D eigenvalue weighted by Gasteiger charge is -2.28. The van der Waals surface area contributed by atoms with E-state index < -0.39 is 12.2 Å². The summed E-state index contributed by atoms with van der Waals surface area (Å²) in [6.45, 7) is 2.16. The Kier molecular flexibility index (Phi) is 16.7. The van der Waals surface area contributed by atoms with Crippen molar-refractivity contribution in [1.82, 2.24) is 0 Å². The van der Waals surface area contributed by atoms with Crippen LogP contribution in [-0.2, 0) is 14.2 Å². The van der Waals surface area contributed by atoms with Gasteiger partial charge < -0.3 is 52.8 Å². The Bertz CT molecular complexity index is 2210. The maximum absolute atomic E-state index is 12.9. The van der Waals surface area contributed by atoms with Crippen LogP contribution in [0.2, 0.25) is 0 Å². The van der Waals surface area contributed by atoms with Crippen LogP contribution in [0.4, 0.5) is 0 Å². The van der Waals surface area contributed by atoms with Gasteiger partial charge in [0.05, 0.1) is 24.3 Å². The molecule has 4 aliphatic rings. The molecule has 70 heavy (non-hydrogen) atoms. The number of esters is 2. The average Bonchev–Trinajstić information content (AvgIpc) is 4.36. The summed E-state index contributed by atoms with van der Waals surface area (Å²) in [6, 6.07) is 37.0. The van der Waals surface area contributed by atoms with E-state index in [0.717, 1.165) is 82.0 Å². The van der Waals surface area contributed by atoms with Gasteiger partial charge in [-0.15, -0.1) is 0 Å². The summed E-state index contributed by atoms with van der Waals surface area (Å²) in [7, 11) is 0. The number of ether oxygens (including phenoxy) is 9. The molecule has 3 atom stereocenters. The average molecular weight is 957 g/mol. The summed E-state index contributed by atoms with van der Waals surface area (Å²) < 4.78 is 51.5. The van der Waals surface area contributed by atoms with Gasteiger partial charge in [-0.25, -0.2) is 9.59 Å². The highest BCUT2D eigenvalue weighted by atomic mass is 16.6. The molecule has 3 saturated carbocycles. The van der Waals surface area contributed by atoms with Crippen LogP contribution in [0.25, 0.3) is 0 Å². The Morgan fingerprint density at radius 2 is 0.743 bits per heavy atom. The Balaban J connectivity index is 0.605. The SMILES string of the molecule is O=C(OC1CCC(c2ccc(OCC3CC3)cc2)CC1)c1ccc(OCC(O)COc2ccc(OCC(O)COc3ccc(C(=O)OC4CCC(c5ccc(OCC6CO6)cc5)CC4)cc3)cc2)cc1. The highest BCUT2D eigenvalue weighted by molar-refractivity contribution is 5.90. The molecule has 1 heterocycles. The Hall–Kier alpha value is -6.28. The monoisotopic (exact) mass is 956 g/mol. The van der Waals surface area contributed by atoms with Crippen molar-refractivity contribution in [2.24, 2.45) is 5.92 Å². The van der Waals surface area contributed by atoms with E-state index in [1.165, 1.54) is 24.0 Å². The molecule has 0 amide bonds. The number of carbonyl (C=O) groups is 2. The number of carbonyl (C=O) groups excluding carboxylic acids is 2. The van der Waals surface area contributed by atoms with Crippen LogP contribution >= 0.6 is 0 Å². The van der Waals surface area contributed by atoms with Gasteiger partial charge in [0.1, 0.15) is 98.1 Å². The van der Waals surface area contributed by atoms with Crippen molar-refractivity contribution in [2.45, 2.75) is 107 Å². The van der Waals surface area contributed by atoms with Crippen LogP contribution in [0.1, 0.15) is 108 Å². The number of aliphatic hydroxyl groups excluding tert-OH is 2. The van der Waals surface area contributed by atoms with E-state index >= 15 is 0 Å². The van der Waals surface area contributed by atoms with Gasteiger partial charge in [0, 0.05) is 0 Å². The largest absolute Gasteiger partial charge is 0.493 e. The van der Waals surface area contributed by atoms with Gasteiger partial charge in [-0.05, 0) is 190 Å². The summed E-state index contributed by atoms with van der Waals surface area (Å²) in [5, 5.41) is 21.0. The van der Waals surface area contributed by atoms with E-state index in [0.29, 0.717) is 52.6 Å². The fourth-order valence-corrected chi connectivity index (χ4v) is 8.86. The van der Waals surface area contributed by atoms with Gasteiger partial charge in [0.25, 0.3) is 0 Å². The van der Waals surface area contributed by atoms with Crippen LogP contribution in [0, 0.1) is 5.92 Å². The van der Waals surface area contributed by atoms with Crippen molar-refractivity contribution in [3.05, 3.63) is 144 Å². The minimum Gasteiger partial charge on any atom is -0.493 e. The molecular formula is C57H64O13. The normalized spacial score (nSPS) is 21.6. The fourth-order valence-electron chi connectivity index (χ4n) is 8.86. The van der Waals surface area contributed by atoms with Crippen LogP contribution in [-0.4, -0.2) is 98.9 Å². The molecular weight excluding hydrogens is 893 g/mol. The van der Waals surface area contributed by atoms with Crippen molar-refractivity contribution in [3.63, 3.8) is 0 Å². The van der Waals surface area contributed by atoms with Crippen molar-refractivity contribution in [1.29, 1.82) is 0 Å². The maximum Gasteiger partial charge on any atom is 0.338 e. The topological polar surface area (TPSA) is 161 Å². The predicted molar refractivity (Wildman–Crippen MR) is 260 cm³/mol. The second-order valence-corrected chi connectivity index (χ2v) is 19.0. The third-order valence-electron chi connectivity index (χ3n) is 13.4. The van der Waals surface area contributed by atoms with Crippen LogP contribution in [0.15, 0.2) is 121 Å². The molecule has 3 unspecified atom stereocenters. The first kappa shape index (κ1) is 48.7. The summed E-state index contributed by atoms with van der Waals surface area (Å²) in [4.78, 5) is 25.8. The molecule has 0 aromatic heterocycles. The molecule has 9 rings (SSSR count). The molecule has 370 valence electrons. The van der Waals surface area contributed by atoms with Gasteiger partial charge in [-0.1, -0.05) is 24.3 Å². The highest BCUT2D eigenvalue weighted by Crippen LogP contribution is 2.37. The third kappa shape index (κ3) is 14.9. The number of benzene rings is 5. The second kappa shape index (κ2) is 24.0. The number of hydrogen-bond donors (Lipinski definition) is 2. The highest BCUT2D eigenvalue weighted by Gasteiger charge is 2.28. The Morgan fingerprint density at radius 1 is 0.429 bits per heavy atom. The van der Waals surface area contributed by atoms with Gasteiger partial charge >= 0.3 is 11.9 Å². The number of epoxide rings is 1. The first-order chi connectivity index (χ1) is 34.2. The van der Waals surface area contributed by atoms with Gasteiger partial charge in [-0.3, -0.25) is 0 Å². The standard InChI is InChI=1S/C57H64O13/c58-45(32-63-48-19-11-43(12-20-48)56(60)69-53-23-7-41(8-24-53)39-3-15-47(16-4-39)62-31-38-1-2-38)34-65-51-27-29-52(30-28-51)66-35-46(59)33-64-49-21-13-44(14-22-49)57(61)70-54-25-9-42(10-26-54)40-5-17-50(18-6-40)67-36-55-37-68-55/h3-6,11-22,27-30,38,41-42,45-46,53-55,58-59H,1-2,7-10,23-26,31-37H2. The zero-order valence-electron chi connectivity index (χ0n) is 39.6. The molecule has 13 nitrogen and oxygen atoms in total. The minimum absolute atomic E-state index is 0.00333. The molecule has 0 radical (unpaired) electrons. The van der Waals surface area contributed by atoms with Gasteiger partial charge in [0.2, 0.25) is 0 Å². The predicted octanol–water partition coefficient (Wildman–Crippen LogP) is 9.66. The van der Waals surface area contributed by atoms with Crippen molar-refractivity contribution in [3.8, 4) is 34.5 Å². The van der Waals surface area contributed by atoms with Crippen LogP contribution in [0.3, 0.4) is 0 Å². The summed E-state index contributed by atoms with van der Waals surface area (Å²) in [5.74, 6) is 4.77. The molecule has 2 N–H and O–H groups in total. The molecule has 3 aliphatic carbocycles. The van der Waals surface area contributed by atoms with E-state index in [2.05, 4.69) is 36.4 Å². The number of hydrogen-bond acceptors (Lipinski definition) is 13. The van der Waals surface area contributed by atoms with Gasteiger partial charge in [0.15, 0.2) is 0 Å². The van der Waals surface area contributed by atoms with E-state index in [9.17, 15) is 19.8 Å². The van der Waals surface area contributed by atoms with E-state index in [4.69, 9.17) is 42.6 Å². The first-order valence-electron chi connectivity index (χ1n) is 24.9. The lowest BCUT2D eigenvalue weighted by Crippen LogP contribution is -2.25. The summed E-state index contributed by atoms with van der Waals surface area (Å²) in [5.41, 5.74) is 3.49. The zero-order chi connectivity index (χ0) is 48.1. The lowest BCUT2D eigenvalue weighted by molar-refractivity contribution is 0.0186. The quantitative estimate of drug-likeness (QED) is 0.0445. The molecule has 1 saturated heterocycles. The maximum atomic E-state index is 12.9. The zero-order valence-corrected chi connectivity index (χ0v) is 39.6. The molecule has 13 heteroatoms. The second-order valence-electron chi connectivity index (χ2n) is 19.0. The van der Waals surface area contributed by atoms with E-state index in [1.807, 2.05) is 12.1 Å². The summed E-state index contributed by atoms with van der Waals surface area (Å²) >= 11 is 0. The first-order valence-corrected chi connectivity index (χ1v) is 24.9.